The van der Waals surface area contributed by atoms with Crippen LogP contribution in [0.5, 0.6) is 0 Å². The number of nitrogens with zero attached hydrogens (tertiary/aromatic N) is 2. The third-order valence-electron chi connectivity index (χ3n) is 4.27. The summed E-state index contributed by atoms with van der Waals surface area (Å²) in [5, 5.41) is 0.416. The molecular weight excluding hydrogens is 436 g/mol. The van der Waals surface area contributed by atoms with E-state index in [1.165, 1.54) is 17.8 Å². The van der Waals surface area contributed by atoms with Crippen LogP contribution in [0.4, 0.5) is 0 Å². The Morgan fingerprint density at radius 1 is 1.26 bits per heavy atom. The van der Waals surface area contributed by atoms with Gasteiger partial charge in [-0.3, -0.25) is 14.2 Å². The van der Waals surface area contributed by atoms with Crippen molar-refractivity contribution in [3.63, 3.8) is 0 Å². The van der Waals surface area contributed by atoms with Gasteiger partial charge >= 0.3 is 5.97 Å². The van der Waals surface area contributed by atoms with Gasteiger partial charge in [0.05, 0.1) is 17.2 Å². The van der Waals surface area contributed by atoms with Crippen LogP contribution in [0.15, 0.2) is 33.8 Å². The normalized spacial score (nSPS) is 14.7. The number of carbonyl (C=O) groups is 1. The summed E-state index contributed by atoms with van der Waals surface area (Å²) in [6.45, 7) is 6.35. The van der Waals surface area contributed by atoms with E-state index in [2.05, 4.69) is 20.9 Å². The van der Waals surface area contributed by atoms with Gasteiger partial charge in [-0.25, -0.2) is 13.4 Å². The average molecular weight is 459 g/mol. The fraction of sp³-hybridized carbons (Fsp3) is 0.500. The van der Waals surface area contributed by atoms with Gasteiger partial charge in [0, 0.05) is 17.3 Å². The summed E-state index contributed by atoms with van der Waals surface area (Å²) in [6.07, 6.45) is 2.25. The zero-order chi connectivity index (χ0) is 20.6. The van der Waals surface area contributed by atoms with Crippen LogP contribution >= 0.6 is 15.9 Å². The van der Waals surface area contributed by atoms with Crippen molar-refractivity contribution >= 4 is 42.6 Å². The zero-order valence-electron chi connectivity index (χ0n) is 15.9. The van der Waals surface area contributed by atoms with Gasteiger partial charge in [0.25, 0.3) is 5.56 Å². The number of hydrogen-bond donors (Lipinski definition) is 0. The summed E-state index contributed by atoms with van der Waals surface area (Å²) in [4.78, 5) is 29.5. The molecule has 1 aromatic carbocycles. The van der Waals surface area contributed by atoms with Gasteiger partial charge in [0.1, 0.15) is 5.60 Å². The van der Waals surface area contributed by atoms with Crippen LogP contribution < -0.4 is 5.56 Å². The fourth-order valence-electron chi connectivity index (χ4n) is 2.45. The number of carbonyl (C=O) groups excluding carboxylic acids is 1. The largest absolute Gasteiger partial charge is 0.459 e. The highest BCUT2D eigenvalue weighted by Crippen LogP contribution is 2.26. The van der Waals surface area contributed by atoms with Gasteiger partial charge in [-0.2, -0.15) is 0 Å². The second-order valence-electron chi connectivity index (χ2n) is 7.66. The molecule has 0 aliphatic carbocycles. The van der Waals surface area contributed by atoms with Crippen LogP contribution in [0.2, 0.25) is 0 Å². The molecule has 0 aliphatic rings. The maximum absolute atomic E-state index is 12.6. The molecule has 1 heterocycles. The predicted molar refractivity (Wildman–Crippen MR) is 107 cm³/mol. The Hall–Kier alpha value is -1.74. The lowest BCUT2D eigenvalue weighted by atomic mass is 10.1. The molecule has 2 rings (SSSR count). The van der Waals surface area contributed by atoms with Crippen molar-refractivity contribution in [2.75, 3.05) is 6.26 Å². The van der Waals surface area contributed by atoms with Gasteiger partial charge in [-0.1, -0.05) is 15.9 Å². The van der Waals surface area contributed by atoms with Crippen LogP contribution in [0, 0.1) is 0 Å². The SMILES string of the molecule is CC(C)(C)OC(=O)C(C)(CCn1cnc2cc(Br)ccc2c1=O)S(C)(=O)=O. The summed E-state index contributed by atoms with van der Waals surface area (Å²) in [7, 11) is -3.78. The van der Waals surface area contributed by atoms with E-state index in [0.29, 0.717) is 10.9 Å². The molecule has 0 amide bonds. The first kappa shape index (κ1) is 21.6. The third-order valence-corrected chi connectivity index (χ3v) is 6.77. The minimum atomic E-state index is -3.78. The number of rotatable bonds is 5. The highest BCUT2D eigenvalue weighted by molar-refractivity contribution is 9.10. The number of esters is 1. The van der Waals surface area contributed by atoms with E-state index in [9.17, 15) is 18.0 Å². The highest BCUT2D eigenvalue weighted by Gasteiger charge is 2.46. The predicted octanol–water partition coefficient (Wildman–Crippen LogP) is 2.69. The minimum Gasteiger partial charge on any atom is -0.459 e. The fourth-order valence-corrected chi connectivity index (χ4v) is 3.60. The molecule has 27 heavy (non-hydrogen) atoms. The summed E-state index contributed by atoms with van der Waals surface area (Å²) in [5.74, 6) is -0.830. The Balaban J connectivity index is 2.37. The van der Waals surface area contributed by atoms with E-state index >= 15 is 0 Å². The minimum absolute atomic E-state index is 0.0145. The number of aryl methyl sites for hydroxylation is 1. The molecule has 148 valence electrons. The molecule has 0 N–H and O–H groups in total. The van der Waals surface area contributed by atoms with Crippen LogP contribution in [-0.2, 0) is 25.9 Å². The van der Waals surface area contributed by atoms with Crippen molar-refractivity contribution in [3.8, 4) is 0 Å². The van der Waals surface area contributed by atoms with Crippen LogP contribution in [0.1, 0.15) is 34.1 Å². The number of benzene rings is 1. The number of halogens is 1. The smallest absolute Gasteiger partial charge is 0.327 e. The number of ether oxygens (including phenoxy) is 1. The lowest BCUT2D eigenvalue weighted by Gasteiger charge is -2.30. The Morgan fingerprint density at radius 3 is 2.44 bits per heavy atom. The third kappa shape index (κ3) is 4.76. The second-order valence-corrected chi connectivity index (χ2v) is 11.0. The first-order chi connectivity index (χ1) is 12.2. The van der Waals surface area contributed by atoms with E-state index in [-0.39, 0.29) is 18.5 Å². The van der Waals surface area contributed by atoms with Crippen LogP contribution in [0.3, 0.4) is 0 Å². The molecule has 1 atom stereocenters. The topological polar surface area (TPSA) is 95.3 Å². The van der Waals surface area contributed by atoms with Gasteiger partial charge in [0.2, 0.25) is 0 Å². The zero-order valence-corrected chi connectivity index (χ0v) is 18.3. The van der Waals surface area contributed by atoms with E-state index < -0.39 is 26.2 Å². The van der Waals surface area contributed by atoms with Gasteiger partial charge in [0.15, 0.2) is 14.6 Å². The van der Waals surface area contributed by atoms with Crippen LogP contribution in [-0.4, -0.2) is 40.5 Å². The highest BCUT2D eigenvalue weighted by atomic mass is 79.9. The molecule has 0 radical (unpaired) electrons. The molecule has 1 unspecified atom stereocenters. The lowest BCUT2D eigenvalue weighted by Crippen LogP contribution is -2.48. The molecule has 2 aromatic rings. The van der Waals surface area contributed by atoms with Crippen molar-refractivity contribution in [3.05, 3.63) is 39.4 Å². The van der Waals surface area contributed by atoms with Crippen molar-refractivity contribution in [1.29, 1.82) is 0 Å². The Kier molecular flexibility index (Phi) is 5.87. The standard InChI is InChI=1S/C18H23BrN2O5S/c1-17(2,3)26-16(23)18(4,27(5,24)25)8-9-21-11-20-14-10-12(19)6-7-13(14)15(21)22/h6-7,10-11H,8-9H2,1-5H3. The molecule has 9 heteroatoms. The van der Waals surface area contributed by atoms with E-state index in [0.717, 1.165) is 10.7 Å². The van der Waals surface area contributed by atoms with E-state index in [1.54, 1.807) is 39.0 Å². The Labute approximate surface area is 166 Å². The van der Waals surface area contributed by atoms with Crippen molar-refractivity contribution in [2.24, 2.45) is 0 Å². The molecule has 0 bridgehead atoms. The summed E-state index contributed by atoms with van der Waals surface area (Å²) in [6, 6.07) is 5.11. The number of aromatic nitrogens is 2. The summed E-state index contributed by atoms with van der Waals surface area (Å²) < 4.78 is 30.3. The first-order valence-corrected chi connectivity index (χ1v) is 11.0. The number of hydrogen-bond acceptors (Lipinski definition) is 6. The summed E-state index contributed by atoms with van der Waals surface area (Å²) in [5.41, 5.74) is -0.589. The molecule has 7 nitrogen and oxygen atoms in total. The molecule has 0 spiro atoms. The Morgan fingerprint density at radius 2 is 1.89 bits per heavy atom. The molecular formula is C18H23BrN2O5S. The van der Waals surface area contributed by atoms with E-state index in [4.69, 9.17) is 4.74 Å². The average Bonchev–Trinajstić information content (AvgIpc) is 2.51. The molecule has 1 aromatic heterocycles. The van der Waals surface area contributed by atoms with Crippen LogP contribution in [0.25, 0.3) is 10.9 Å². The van der Waals surface area contributed by atoms with Crippen molar-refractivity contribution < 1.29 is 17.9 Å². The maximum Gasteiger partial charge on any atom is 0.327 e. The first-order valence-electron chi connectivity index (χ1n) is 8.32. The maximum atomic E-state index is 12.6. The number of sulfone groups is 1. The van der Waals surface area contributed by atoms with Crippen molar-refractivity contribution in [1.82, 2.24) is 9.55 Å². The molecule has 0 fully saturated rings. The summed E-state index contributed by atoms with van der Waals surface area (Å²) >= 11 is 3.33. The quantitative estimate of drug-likeness (QED) is 0.639. The molecule has 0 saturated heterocycles. The van der Waals surface area contributed by atoms with Gasteiger partial charge < -0.3 is 4.74 Å². The molecule has 0 saturated carbocycles. The monoisotopic (exact) mass is 458 g/mol. The van der Waals surface area contributed by atoms with Gasteiger partial charge in [-0.15, -0.1) is 0 Å². The Bertz CT molecular complexity index is 1040. The number of fused-ring (bicyclic) bond motifs is 1. The lowest BCUT2D eigenvalue weighted by molar-refractivity contribution is -0.157. The van der Waals surface area contributed by atoms with Crippen molar-refractivity contribution in [2.45, 2.75) is 51.0 Å². The van der Waals surface area contributed by atoms with Gasteiger partial charge in [-0.05, 0) is 52.3 Å². The molecule has 0 aliphatic heterocycles. The second kappa shape index (κ2) is 7.35. The van der Waals surface area contributed by atoms with E-state index in [1.807, 2.05) is 0 Å².